The molecule has 4 nitrogen and oxygen atoms in total. The number of benzene rings is 2. The Bertz CT molecular complexity index is 1120. The molecule has 6 heteroatoms. The number of aromatic nitrogens is 2. The number of halogens is 1. The molecular formula is C18H14ClN3OS. The van der Waals surface area contributed by atoms with Crippen LogP contribution in [0.2, 0.25) is 5.02 Å². The minimum atomic E-state index is -0.0929. The average Bonchev–Trinajstić information content (AvgIpc) is 3.00. The van der Waals surface area contributed by atoms with Crippen LogP contribution in [0.4, 0.5) is 5.69 Å². The Morgan fingerprint density at radius 1 is 1.25 bits per heavy atom. The maximum absolute atomic E-state index is 12.3. The molecule has 0 spiro atoms. The number of anilines is 1. The van der Waals surface area contributed by atoms with Gasteiger partial charge >= 0.3 is 0 Å². The van der Waals surface area contributed by atoms with E-state index in [4.69, 9.17) is 11.6 Å². The number of rotatable bonds is 3. The van der Waals surface area contributed by atoms with Gasteiger partial charge in [-0.1, -0.05) is 11.6 Å². The molecule has 0 atom stereocenters. The minimum Gasteiger partial charge on any atom is -0.380 e. The number of aryl methyl sites for hydroxylation is 1. The number of hydrogen-bond donors (Lipinski definition) is 2. The third kappa shape index (κ3) is 2.77. The molecule has 0 aliphatic heterocycles. The van der Waals surface area contributed by atoms with E-state index in [1.54, 1.807) is 17.4 Å². The molecular weight excluding hydrogens is 342 g/mol. The molecule has 24 heavy (non-hydrogen) atoms. The highest BCUT2D eigenvalue weighted by Crippen LogP contribution is 2.26. The van der Waals surface area contributed by atoms with E-state index in [2.05, 4.69) is 21.4 Å². The molecule has 0 unspecified atom stereocenters. The maximum atomic E-state index is 12.3. The van der Waals surface area contributed by atoms with Crippen molar-refractivity contribution in [1.29, 1.82) is 0 Å². The quantitative estimate of drug-likeness (QED) is 0.559. The molecule has 0 amide bonds. The second kappa shape index (κ2) is 5.92. The minimum absolute atomic E-state index is 0.0929. The summed E-state index contributed by atoms with van der Waals surface area (Å²) in [5.74, 6) is 0. The Morgan fingerprint density at radius 3 is 3.00 bits per heavy atom. The first-order chi connectivity index (χ1) is 11.6. The third-order valence-corrected chi connectivity index (χ3v) is 5.06. The molecule has 0 aliphatic rings. The summed E-state index contributed by atoms with van der Waals surface area (Å²) in [4.78, 5) is 19.5. The van der Waals surface area contributed by atoms with Gasteiger partial charge in [-0.05, 0) is 48.9 Å². The van der Waals surface area contributed by atoms with Gasteiger partial charge < -0.3 is 10.3 Å². The number of H-pyrrole nitrogens is 1. The zero-order chi connectivity index (χ0) is 16.7. The SMILES string of the molecule is Cc1cc2scnc2cc1NCc1cc2cc(Cl)ccc2[nH]c1=O. The molecule has 2 N–H and O–H groups in total. The largest absolute Gasteiger partial charge is 0.380 e. The standard InChI is InChI=1S/C18H14ClN3OS/c1-10-4-17-16(21-9-24-17)7-15(10)20-8-12-5-11-6-13(19)2-3-14(11)22-18(12)23/h2-7,9,20H,8H2,1H3,(H,22,23). The van der Waals surface area contributed by atoms with Crippen molar-refractivity contribution in [3.05, 3.63) is 68.4 Å². The molecule has 0 fully saturated rings. The molecule has 0 bridgehead atoms. The lowest BCUT2D eigenvalue weighted by Gasteiger charge is -2.10. The molecule has 0 saturated carbocycles. The average molecular weight is 356 g/mol. The highest BCUT2D eigenvalue weighted by molar-refractivity contribution is 7.16. The van der Waals surface area contributed by atoms with Crippen LogP contribution in [0.5, 0.6) is 0 Å². The maximum Gasteiger partial charge on any atom is 0.253 e. The molecule has 2 aromatic heterocycles. The van der Waals surface area contributed by atoms with E-state index in [9.17, 15) is 4.79 Å². The second-order valence-corrected chi connectivity index (χ2v) is 7.02. The Labute approximate surface area is 147 Å². The normalized spacial score (nSPS) is 11.2. The number of hydrogen-bond acceptors (Lipinski definition) is 4. The molecule has 0 aliphatic carbocycles. The van der Waals surface area contributed by atoms with Crippen LogP contribution < -0.4 is 10.9 Å². The highest BCUT2D eigenvalue weighted by Gasteiger charge is 2.07. The van der Waals surface area contributed by atoms with E-state index in [1.165, 1.54) is 0 Å². The van der Waals surface area contributed by atoms with Gasteiger partial charge in [0.2, 0.25) is 0 Å². The van der Waals surface area contributed by atoms with E-state index in [-0.39, 0.29) is 5.56 Å². The topological polar surface area (TPSA) is 57.8 Å². The molecule has 4 rings (SSSR count). The van der Waals surface area contributed by atoms with E-state index < -0.39 is 0 Å². The van der Waals surface area contributed by atoms with Crippen molar-refractivity contribution >= 4 is 49.7 Å². The smallest absolute Gasteiger partial charge is 0.253 e. The highest BCUT2D eigenvalue weighted by atomic mass is 35.5. The lowest BCUT2D eigenvalue weighted by molar-refractivity contribution is 1.09. The number of fused-ring (bicyclic) bond motifs is 2. The Morgan fingerprint density at radius 2 is 2.12 bits per heavy atom. The Hall–Kier alpha value is -2.37. The van der Waals surface area contributed by atoms with E-state index in [1.807, 2.05) is 36.7 Å². The van der Waals surface area contributed by atoms with E-state index in [0.29, 0.717) is 17.1 Å². The van der Waals surface area contributed by atoms with Crippen LogP contribution in [0, 0.1) is 6.92 Å². The van der Waals surface area contributed by atoms with Gasteiger partial charge in [0, 0.05) is 33.7 Å². The second-order valence-electron chi connectivity index (χ2n) is 5.70. The van der Waals surface area contributed by atoms with Crippen molar-refractivity contribution in [1.82, 2.24) is 9.97 Å². The number of nitrogens with one attached hydrogen (secondary N) is 2. The van der Waals surface area contributed by atoms with Crippen LogP contribution in [0.3, 0.4) is 0 Å². The summed E-state index contributed by atoms with van der Waals surface area (Å²) >= 11 is 7.66. The summed E-state index contributed by atoms with van der Waals surface area (Å²) in [5.41, 5.74) is 6.28. The van der Waals surface area contributed by atoms with Crippen molar-refractivity contribution in [2.75, 3.05) is 5.32 Å². The van der Waals surface area contributed by atoms with Crippen molar-refractivity contribution in [3.63, 3.8) is 0 Å². The lowest BCUT2D eigenvalue weighted by Crippen LogP contribution is -2.15. The van der Waals surface area contributed by atoms with Crippen LogP contribution in [0.15, 0.2) is 46.7 Å². The van der Waals surface area contributed by atoms with Crippen LogP contribution in [-0.2, 0) is 6.54 Å². The first kappa shape index (κ1) is 15.2. The van der Waals surface area contributed by atoms with Gasteiger partial charge in [-0.3, -0.25) is 4.79 Å². The number of aromatic amines is 1. The van der Waals surface area contributed by atoms with Crippen LogP contribution in [0.1, 0.15) is 11.1 Å². The van der Waals surface area contributed by atoms with Crippen molar-refractivity contribution < 1.29 is 0 Å². The van der Waals surface area contributed by atoms with Crippen molar-refractivity contribution in [3.8, 4) is 0 Å². The number of nitrogens with zero attached hydrogens (tertiary/aromatic N) is 1. The van der Waals surface area contributed by atoms with Crippen LogP contribution in [-0.4, -0.2) is 9.97 Å². The van der Waals surface area contributed by atoms with E-state index in [0.717, 1.165) is 32.4 Å². The lowest BCUT2D eigenvalue weighted by atomic mass is 10.1. The molecule has 0 saturated heterocycles. The number of pyridine rings is 1. The van der Waals surface area contributed by atoms with Gasteiger partial charge in [-0.2, -0.15) is 0 Å². The van der Waals surface area contributed by atoms with Gasteiger partial charge in [-0.15, -0.1) is 11.3 Å². The zero-order valence-corrected chi connectivity index (χ0v) is 14.5. The predicted octanol–water partition coefficient (Wildman–Crippen LogP) is 4.71. The molecule has 0 radical (unpaired) electrons. The Balaban J connectivity index is 1.67. The fourth-order valence-electron chi connectivity index (χ4n) is 2.74. The summed E-state index contributed by atoms with van der Waals surface area (Å²) in [6, 6.07) is 11.4. The monoisotopic (exact) mass is 355 g/mol. The summed E-state index contributed by atoms with van der Waals surface area (Å²) in [5, 5.41) is 4.92. The zero-order valence-electron chi connectivity index (χ0n) is 12.9. The third-order valence-electron chi connectivity index (χ3n) is 4.03. The molecule has 4 aromatic rings. The summed E-state index contributed by atoms with van der Waals surface area (Å²) < 4.78 is 1.16. The van der Waals surface area contributed by atoms with Crippen LogP contribution in [0.25, 0.3) is 21.1 Å². The van der Waals surface area contributed by atoms with Gasteiger partial charge in [0.15, 0.2) is 0 Å². The van der Waals surface area contributed by atoms with Gasteiger partial charge in [0.1, 0.15) is 0 Å². The fourth-order valence-corrected chi connectivity index (χ4v) is 3.68. The van der Waals surface area contributed by atoms with Crippen molar-refractivity contribution in [2.45, 2.75) is 13.5 Å². The number of thiazole rings is 1. The van der Waals surface area contributed by atoms with E-state index >= 15 is 0 Å². The molecule has 2 aromatic carbocycles. The first-order valence-electron chi connectivity index (χ1n) is 7.49. The van der Waals surface area contributed by atoms with Crippen LogP contribution >= 0.6 is 22.9 Å². The van der Waals surface area contributed by atoms with Crippen molar-refractivity contribution in [2.24, 2.45) is 0 Å². The van der Waals surface area contributed by atoms with Gasteiger partial charge in [0.25, 0.3) is 5.56 Å². The summed E-state index contributed by atoms with van der Waals surface area (Å²) in [6.45, 7) is 2.49. The molecule has 2 heterocycles. The first-order valence-corrected chi connectivity index (χ1v) is 8.75. The molecule has 120 valence electrons. The fraction of sp³-hybridized carbons (Fsp3) is 0.111. The van der Waals surface area contributed by atoms with Gasteiger partial charge in [0.05, 0.1) is 15.7 Å². The summed E-state index contributed by atoms with van der Waals surface area (Å²) in [7, 11) is 0. The predicted molar refractivity (Wildman–Crippen MR) is 101 cm³/mol. The Kier molecular flexibility index (Phi) is 3.75. The van der Waals surface area contributed by atoms with Gasteiger partial charge in [-0.25, -0.2) is 4.98 Å². The summed E-state index contributed by atoms with van der Waals surface area (Å²) in [6.07, 6.45) is 0.